The van der Waals surface area contributed by atoms with Crippen molar-refractivity contribution in [2.24, 2.45) is 33.5 Å². The smallest absolute Gasteiger partial charge is 0.341 e. The summed E-state index contributed by atoms with van der Waals surface area (Å²) in [7, 11) is 0. The summed E-state index contributed by atoms with van der Waals surface area (Å²) < 4.78 is 48.2. The van der Waals surface area contributed by atoms with Gasteiger partial charge in [-0.1, -0.05) is 0 Å². The Hall–Kier alpha value is -4.74. The van der Waals surface area contributed by atoms with Crippen LogP contribution in [0.4, 0.5) is 8.78 Å². The highest BCUT2D eigenvalue weighted by atomic mass is 19.1. The number of nitrogens with zero attached hydrogens (tertiary/aromatic N) is 4. The first-order valence-electron chi connectivity index (χ1n) is 19.2. The molecule has 1 N–H and O–H groups in total. The first-order chi connectivity index (χ1) is 25.8. The molecule has 4 aromatic rings. The third-order valence-corrected chi connectivity index (χ3v) is 13.4. The molecule has 0 amide bonds. The number of esters is 1. The van der Waals surface area contributed by atoms with Crippen molar-refractivity contribution in [1.82, 2.24) is 19.6 Å². The zero-order valence-electron chi connectivity index (χ0n) is 30.9. The zero-order valence-corrected chi connectivity index (χ0v) is 30.9. The van der Waals surface area contributed by atoms with Crippen molar-refractivity contribution in [3.8, 4) is 23.1 Å². The first-order valence-corrected chi connectivity index (χ1v) is 19.2. The molecule has 6 aliphatic carbocycles. The fourth-order valence-electron chi connectivity index (χ4n) is 10.3. The zero-order chi connectivity index (χ0) is 37.7. The van der Waals surface area contributed by atoms with Crippen LogP contribution in [0, 0.1) is 45.1 Å². The summed E-state index contributed by atoms with van der Waals surface area (Å²) in [4.78, 5) is 23.0. The standard InChI is InChI=1S/C23H27FN2O3.C19H19FN2O3/c1-21(2,3)29-20(27)16-5-4-15(14-17(16)24)26-12-6-19(25-26)28-13-7-18-22(8-9-22)23(18)10-11-23;20-14-11-12(1-2-13(14)17(23)24)22-9-3-16(21-22)25-10-4-15-18(5-6-18)19(15)7-8-19/h4-6,12,14,18H,7-11,13H2,1-3H3;1-3,9,11,15H,4-8,10H2,(H,23,24). The number of rotatable bonds is 12. The summed E-state index contributed by atoms with van der Waals surface area (Å²) in [5.74, 6) is -0.612. The molecule has 6 fully saturated rings. The van der Waals surface area contributed by atoms with Gasteiger partial charge in [-0.25, -0.2) is 27.7 Å². The SMILES string of the molecule is CC(C)(C)OC(=O)c1ccc(-n2ccc(OCCC3C4(CC4)C34CC4)n2)cc1F.O=C(O)c1ccc(-n2ccc(OCCC3C4(CC4)C34CC4)n2)cc1F. The van der Waals surface area contributed by atoms with Crippen molar-refractivity contribution >= 4 is 11.9 Å². The van der Waals surface area contributed by atoms with E-state index in [0.717, 1.165) is 30.7 Å². The Balaban J connectivity index is 0.000000144. The molecule has 6 saturated carbocycles. The number of aromatic carboxylic acids is 1. The van der Waals surface area contributed by atoms with Crippen LogP contribution in [0.5, 0.6) is 11.8 Å². The van der Waals surface area contributed by atoms with Crippen LogP contribution in [0.3, 0.4) is 0 Å². The van der Waals surface area contributed by atoms with Gasteiger partial charge in [0.2, 0.25) is 11.8 Å². The Morgan fingerprint density at radius 2 is 1.11 bits per heavy atom. The molecule has 0 aliphatic heterocycles. The highest BCUT2D eigenvalue weighted by Crippen LogP contribution is 2.93. The maximum absolute atomic E-state index is 14.5. The van der Waals surface area contributed by atoms with Crippen molar-refractivity contribution in [3.05, 3.63) is 83.7 Å². The third kappa shape index (κ3) is 5.96. The lowest BCUT2D eigenvalue weighted by molar-refractivity contribution is 0.00644. The molecular formula is C42H46F2N4O6. The van der Waals surface area contributed by atoms with Crippen LogP contribution in [0.15, 0.2) is 60.9 Å². The summed E-state index contributed by atoms with van der Waals surface area (Å²) in [6.45, 7) is 6.59. The molecular weight excluding hydrogens is 694 g/mol. The van der Waals surface area contributed by atoms with Crippen molar-refractivity contribution in [1.29, 1.82) is 0 Å². The number of carboxylic acids is 1. The molecule has 2 aromatic carbocycles. The van der Waals surface area contributed by atoms with Gasteiger partial charge in [-0.2, -0.15) is 0 Å². The molecule has 0 atom stereocenters. The quantitative estimate of drug-likeness (QED) is 0.144. The van der Waals surface area contributed by atoms with E-state index in [1.165, 1.54) is 80.3 Å². The van der Waals surface area contributed by atoms with Gasteiger partial charge in [0.05, 0.1) is 35.7 Å². The number of aromatic nitrogens is 4. The summed E-state index contributed by atoms with van der Waals surface area (Å²) in [6, 6.07) is 11.8. The summed E-state index contributed by atoms with van der Waals surface area (Å²) in [5.41, 5.74) is 2.67. The lowest BCUT2D eigenvalue weighted by Crippen LogP contribution is -2.24. The highest BCUT2D eigenvalue weighted by molar-refractivity contribution is 5.90. The van der Waals surface area contributed by atoms with E-state index in [0.29, 0.717) is 58.0 Å². The molecule has 10 nitrogen and oxygen atoms in total. The van der Waals surface area contributed by atoms with Crippen molar-refractivity contribution in [2.45, 2.75) is 90.6 Å². The van der Waals surface area contributed by atoms with Crippen LogP contribution in [0.25, 0.3) is 11.4 Å². The van der Waals surface area contributed by atoms with Gasteiger partial charge < -0.3 is 19.3 Å². The van der Waals surface area contributed by atoms with Gasteiger partial charge >= 0.3 is 11.9 Å². The lowest BCUT2D eigenvalue weighted by Gasteiger charge is -2.19. The second-order valence-corrected chi connectivity index (χ2v) is 17.3. The number of hydrogen-bond acceptors (Lipinski definition) is 7. The molecule has 0 saturated heterocycles. The van der Waals surface area contributed by atoms with Crippen molar-refractivity contribution in [2.75, 3.05) is 13.2 Å². The maximum atomic E-state index is 14.5. The molecule has 0 unspecified atom stereocenters. The number of fused-ring (bicyclic) bond motifs is 2. The summed E-state index contributed by atoms with van der Waals surface area (Å²) >= 11 is 0. The van der Waals surface area contributed by atoms with E-state index >= 15 is 0 Å². The minimum Gasteiger partial charge on any atom is -0.478 e. The second-order valence-electron chi connectivity index (χ2n) is 17.3. The molecule has 6 aliphatic rings. The molecule has 2 aromatic heterocycles. The molecule has 0 bridgehead atoms. The van der Waals surface area contributed by atoms with E-state index in [2.05, 4.69) is 10.2 Å². The Labute approximate surface area is 312 Å². The Bertz CT molecular complexity index is 2100. The third-order valence-electron chi connectivity index (χ3n) is 13.4. The van der Waals surface area contributed by atoms with E-state index in [1.807, 2.05) is 0 Å². The van der Waals surface area contributed by atoms with E-state index in [1.54, 1.807) is 56.0 Å². The number of hydrogen-bond donors (Lipinski definition) is 1. The van der Waals surface area contributed by atoms with Crippen molar-refractivity contribution in [3.63, 3.8) is 0 Å². The molecule has 54 heavy (non-hydrogen) atoms. The molecule has 10 rings (SSSR count). The number of benzene rings is 2. The lowest BCUT2D eigenvalue weighted by atomic mass is 10.1. The number of carbonyl (C=O) groups excluding carboxylic acids is 1. The molecule has 12 heteroatoms. The molecule has 2 heterocycles. The normalized spacial score (nSPS) is 21.1. The highest BCUT2D eigenvalue weighted by Gasteiger charge is 2.86. The van der Waals surface area contributed by atoms with Crippen LogP contribution in [-0.2, 0) is 4.74 Å². The minimum atomic E-state index is -1.28. The van der Waals surface area contributed by atoms with Crippen LogP contribution in [0.2, 0.25) is 0 Å². The molecule has 0 radical (unpaired) electrons. The average molecular weight is 741 g/mol. The van der Waals surface area contributed by atoms with Gasteiger partial charge in [-0.15, -0.1) is 10.2 Å². The second kappa shape index (κ2) is 12.1. The summed E-state index contributed by atoms with van der Waals surface area (Å²) in [5, 5.41) is 17.6. The Morgan fingerprint density at radius 3 is 1.46 bits per heavy atom. The molecule has 4 spiro atoms. The largest absolute Gasteiger partial charge is 0.478 e. The predicted octanol–water partition coefficient (Wildman–Crippen LogP) is 8.59. The number of carboxylic acid groups (broad SMARTS) is 1. The van der Waals surface area contributed by atoms with Crippen LogP contribution in [0.1, 0.15) is 106 Å². The van der Waals surface area contributed by atoms with Gasteiger partial charge in [0.1, 0.15) is 17.2 Å². The average Bonchev–Trinajstić information content (AvgIpc) is 3.86. The van der Waals surface area contributed by atoms with Gasteiger partial charge in [-0.05, 0) is 143 Å². The Kier molecular flexibility index (Phi) is 7.86. The van der Waals surface area contributed by atoms with E-state index in [-0.39, 0.29) is 11.1 Å². The fourth-order valence-corrected chi connectivity index (χ4v) is 10.3. The van der Waals surface area contributed by atoms with Gasteiger partial charge in [0.15, 0.2) is 0 Å². The van der Waals surface area contributed by atoms with E-state index in [9.17, 15) is 18.4 Å². The van der Waals surface area contributed by atoms with Gasteiger partial charge in [0.25, 0.3) is 0 Å². The monoisotopic (exact) mass is 740 g/mol. The topological polar surface area (TPSA) is 118 Å². The van der Waals surface area contributed by atoms with E-state index < -0.39 is 29.2 Å². The number of halogens is 2. The van der Waals surface area contributed by atoms with Crippen LogP contribution in [-0.4, -0.2) is 55.4 Å². The summed E-state index contributed by atoms with van der Waals surface area (Å²) in [6.07, 6.45) is 16.9. The van der Waals surface area contributed by atoms with Crippen molar-refractivity contribution < 1.29 is 37.7 Å². The van der Waals surface area contributed by atoms with E-state index in [4.69, 9.17) is 19.3 Å². The number of ether oxygens (including phenoxy) is 3. The minimum absolute atomic E-state index is 0.0836. The predicted molar refractivity (Wildman–Crippen MR) is 193 cm³/mol. The van der Waals surface area contributed by atoms with Gasteiger partial charge in [0, 0.05) is 36.7 Å². The maximum Gasteiger partial charge on any atom is 0.341 e. The Morgan fingerprint density at radius 1 is 0.704 bits per heavy atom. The molecule has 284 valence electrons. The fraction of sp³-hybridized carbons (Fsp3) is 0.524. The van der Waals surface area contributed by atoms with Crippen LogP contribution >= 0.6 is 0 Å². The number of carbonyl (C=O) groups is 2. The first kappa shape index (κ1) is 35.0. The van der Waals surface area contributed by atoms with Crippen LogP contribution < -0.4 is 9.47 Å². The van der Waals surface area contributed by atoms with Gasteiger partial charge in [-0.3, -0.25) is 0 Å².